The summed E-state index contributed by atoms with van der Waals surface area (Å²) < 4.78 is 0. The van der Waals surface area contributed by atoms with Crippen LogP contribution in [0.1, 0.15) is 5.01 Å². The van der Waals surface area contributed by atoms with Crippen molar-refractivity contribution in [1.82, 2.24) is 10.2 Å². The van der Waals surface area contributed by atoms with Crippen LogP contribution in [0.15, 0.2) is 16.8 Å². The molecule has 0 saturated carbocycles. The molecule has 0 radical (unpaired) electrons. The van der Waals surface area contributed by atoms with Crippen molar-refractivity contribution in [3.63, 3.8) is 0 Å². The fourth-order valence-electron chi connectivity index (χ4n) is 0.810. The zero-order valence-corrected chi connectivity index (χ0v) is 8.42. The van der Waals surface area contributed by atoms with E-state index in [0.717, 1.165) is 15.6 Å². The lowest BCUT2D eigenvalue weighted by Crippen LogP contribution is -1.73. The van der Waals surface area contributed by atoms with Crippen molar-refractivity contribution in [3.8, 4) is 10.6 Å². The number of alkyl halides is 1. The zero-order valence-electron chi connectivity index (χ0n) is 6.03. The molecule has 0 unspecified atom stereocenters. The fourth-order valence-corrected chi connectivity index (χ4v) is 2.43. The molecule has 2 nitrogen and oxygen atoms in total. The monoisotopic (exact) mass is 216 g/mol. The van der Waals surface area contributed by atoms with E-state index < -0.39 is 0 Å². The van der Waals surface area contributed by atoms with Crippen molar-refractivity contribution in [1.29, 1.82) is 0 Å². The van der Waals surface area contributed by atoms with Gasteiger partial charge in [0, 0.05) is 10.9 Å². The molecule has 0 atom stereocenters. The topological polar surface area (TPSA) is 25.8 Å². The number of nitrogens with zero attached hydrogens (tertiary/aromatic N) is 2. The molecule has 0 aliphatic rings. The molecule has 0 N–H and O–H groups in total. The number of rotatable bonds is 2. The molecule has 0 aliphatic carbocycles. The van der Waals surface area contributed by atoms with Crippen LogP contribution >= 0.6 is 34.3 Å². The van der Waals surface area contributed by atoms with Crippen LogP contribution < -0.4 is 0 Å². The van der Waals surface area contributed by atoms with Gasteiger partial charge in [-0.05, 0) is 11.4 Å². The normalized spacial score (nSPS) is 10.4. The Morgan fingerprint density at radius 1 is 1.42 bits per heavy atom. The van der Waals surface area contributed by atoms with Crippen LogP contribution in [0.4, 0.5) is 0 Å². The highest BCUT2D eigenvalue weighted by atomic mass is 35.5. The van der Waals surface area contributed by atoms with E-state index in [-0.39, 0.29) is 0 Å². The molecule has 62 valence electrons. The fraction of sp³-hybridized carbons (Fsp3) is 0.143. The second-order valence-electron chi connectivity index (χ2n) is 2.15. The molecule has 0 bridgehead atoms. The SMILES string of the molecule is ClCc1nnc(-c2ccsc2)s1. The summed E-state index contributed by atoms with van der Waals surface area (Å²) in [7, 11) is 0. The average Bonchev–Trinajstić information content (AvgIpc) is 2.75. The number of aromatic nitrogens is 2. The Balaban J connectivity index is 2.35. The third-order valence-electron chi connectivity index (χ3n) is 1.35. The van der Waals surface area contributed by atoms with E-state index in [2.05, 4.69) is 15.6 Å². The van der Waals surface area contributed by atoms with Crippen molar-refractivity contribution in [2.75, 3.05) is 0 Å². The molecule has 0 amide bonds. The minimum atomic E-state index is 0.446. The summed E-state index contributed by atoms with van der Waals surface area (Å²) in [6, 6.07) is 2.03. The predicted molar refractivity (Wildman–Crippen MR) is 52.8 cm³/mol. The smallest absolute Gasteiger partial charge is 0.148 e. The quantitative estimate of drug-likeness (QED) is 0.722. The van der Waals surface area contributed by atoms with Crippen molar-refractivity contribution < 1.29 is 0 Å². The van der Waals surface area contributed by atoms with Crippen LogP contribution in [0.5, 0.6) is 0 Å². The standard InChI is InChI=1S/C7H5ClN2S2/c8-3-6-9-10-7(12-6)5-1-2-11-4-5/h1-2,4H,3H2. The minimum Gasteiger partial charge on any atom is -0.152 e. The van der Waals surface area contributed by atoms with Gasteiger partial charge >= 0.3 is 0 Å². The zero-order chi connectivity index (χ0) is 8.39. The van der Waals surface area contributed by atoms with Gasteiger partial charge in [0.1, 0.15) is 10.0 Å². The summed E-state index contributed by atoms with van der Waals surface area (Å²) >= 11 is 8.81. The maximum absolute atomic E-state index is 5.61. The summed E-state index contributed by atoms with van der Waals surface area (Å²) in [5, 5.41) is 13.9. The third-order valence-corrected chi connectivity index (χ3v) is 3.42. The molecular formula is C7H5ClN2S2. The highest BCUT2D eigenvalue weighted by Crippen LogP contribution is 2.25. The van der Waals surface area contributed by atoms with Gasteiger partial charge in [0.05, 0.1) is 5.88 Å². The highest BCUT2D eigenvalue weighted by molar-refractivity contribution is 7.15. The first-order valence-corrected chi connectivity index (χ1v) is 5.60. The minimum absolute atomic E-state index is 0.446. The number of thiophene rings is 1. The lowest BCUT2D eigenvalue weighted by Gasteiger charge is -1.83. The van der Waals surface area contributed by atoms with Gasteiger partial charge in [0.25, 0.3) is 0 Å². The molecule has 2 heterocycles. The molecule has 0 saturated heterocycles. The second-order valence-corrected chi connectivity index (χ2v) is 4.26. The van der Waals surface area contributed by atoms with Gasteiger partial charge in [-0.2, -0.15) is 11.3 Å². The number of hydrogen-bond donors (Lipinski definition) is 0. The Labute approximate surface area is 82.8 Å². The molecular weight excluding hydrogens is 212 g/mol. The van der Waals surface area contributed by atoms with E-state index in [9.17, 15) is 0 Å². The first-order valence-electron chi connectivity index (χ1n) is 3.31. The molecule has 2 aromatic heterocycles. The van der Waals surface area contributed by atoms with E-state index in [0.29, 0.717) is 5.88 Å². The van der Waals surface area contributed by atoms with E-state index in [1.165, 1.54) is 0 Å². The van der Waals surface area contributed by atoms with Gasteiger partial charge in [0.2, 0.25) is 0 Å². The van der Waals surface area contributed by atoms with Gasteiger partial charge in [-0.25, -0.2) is 0 Å². The molecule has 5 heteroatoms. The van der Waals surface area contributed by atoms with Crippen molar-refractivity contribution in [2.45, 2.75) is 5.88 Å². The van der Waals surface area contributed by atoms with Gasteiger partial charge in [-0.15, -0.1) is 21.8 Å². The Morgan fingerprint density at radius 3 is 2.92 bits per heavy atom. The Bertz CT molecular complexity index is 355. The van der Waals surface area contributed by atoms with E-state index in [1.54, 1.807) is 22.7 Å². The summed E-state index contributed by atoms with van der Waals surface area (Å²) in [5.41, 5.74) is 1.13. The van der Waals surface area contributed by atoms with E-state index >= 15 is 0 Å². The number of hydrogen-bond acceptors (Lipinski definition) is 4. The largest absolute Gasteiger partial charge is 0.152 e. The third kappa shape index (κ3) is 1.50. The Morgan fingerprint density at radius 2 is 2.33 bits per heavy atom. The highest BCUT2D eigenvalue weighted by Gasteiger charge is 2.04. The first kappa shape index (κ1) is 8.16. The maximum atomic E-state index is 5.61. The van der Waals surface area contributed by atoms with Crippen molar-refractivity contribution in [2.24, 2.45) is 0 Å². The van der Waals surface area contributed by atoms with Crippen LogP contribution in [-0.2, 0) is 5.88 Å². The Kier molecular flexibility index (Phi) is 2.39. The maximum Gasteiger partial charge on any atom is 0.148 e. The molecule has 0 spiro atoms. The van der Waals surface area contributed by atoms with Gasteiger partial charge in [0.15, 0.2) is 0 Å². The van der Waals surface area contributed by atoms with Crippen LogP contribution in [0.2, 0.25) is 0 Å². The van der Waals surface area contributed by atoms with Gasteiger partial charge in [-0.3, -0.25) is 0 Å². The molecule has 0 fully saturated rings. The second kappa shape index (κ2) is 3.51. The van der Waals surface area contributed by atoms with E-state index in [1.807, 2.05) is 11.4 Å². The average molecular weight is 217 g/mol. The van der Waals surface area contributed by atoms with Crippen LogP contribution in [-0.4, -0.2) is 10.2 Å². The van der Waals surface area contributed by atoms with Crippen LogP contribution in [0.3, 0.4) is 0 Å². The molecule has 12 heavy (non-hydrogen) atoms. The molecule has 0 aliphatic heterocycles. The van der Waals surface area contributed by atoms with E-state index in [4.69, 9.17) is 11.6 Å². The molecule has 2 aromatic rings. The summed E-state index contributed by atoms with van der Waals surface area (Å²) in [5.74, 6) is 0.446. The molecule has 0 aromatic carbocycles. The predicted octanol–water partition coefficient (Wildman–Crippen LogP) is 3.01. The lowest BCUT2D eigenvalue weighted by molar-refractivity contribution is 1.04. The summed E-state index contributed by atoms with van der Waals surface area (Å²) in [4.78, 5) is 0. The van der Waals surface area contributed by atoms with Crippen molar-refractivity contribution >= 4 is 34.3 Å². The molecule has 2 rings (SSSR count). The van der Waals surface area contributed by atoms with Crippen molar-refractivity contribution in [3.05, 3.63) is 21.8 Å². The number of halogens is 1. The lowest BCUT2D eigenvalue weighted by atomic mass is 10.4. The van der Waals surface area contributed by atoms with Crippen LogP contribution in [0, 0.1) is 0 Å². The summed E-state index contributed by atoms with van der Waals surface area (Å²) in [6.45, 7) is 0. The van der Waals surface area contributed by atoms with Crippen LogP contribution in [0.25, 0.3) is 10.6 Å². The first-order chi connectivity index (χ1) is 5.90. The van der Waals surface area contributed by atoms with Gasteiger partial charge in [-0.1, -0.05) is 11.3 Å². The van der Waals surface area contributed by atoms with Gasteiger partial charge < -0.3 is 0 Å². The summed E-state index contributed by atoms with van der Waals surface area (Å²) in [6.07, 6.45) is 0. The Hall–Kier alpha value is -0.450.